The minimum Gasteiger partial charge on any atom is -0.325 e. The van der Waals surface area contributed by atoms with Crippen molar-refractivity contribution in [1.29, 1.82) is 0 Å². The van der Waals surface area contributed by atoms with Gasteiger partial charge in [-0.15, -0.1) is 25.9 Å². The molecule has 0 aliphatic heterocycles. The lowest BCUT2D eigenvalue weighted by atomic mass is 9.82. The zero-order valence-corrected chi connectivity index (χ0v) is 26.6. The second kappa shape index (κ2) is 12.0. The number of rotatable bonds is 10. The SMILES string of the molecule is CCC(C)(C)c1ccc(C)c(Sc2c(-c3ccc(SOOc4ccccc4)s3)[nH]n3c(-c4cccc(C)c4)nnc23)c1. The highest BCUT2D eigenvalue weighted by Gasteiger charge is 2.24. The van der Waals surface area contributed by atoms with Gasteiger partial charge in [-0.1, -0.05) is 86.6 Å². The number of hydrogen-bond donors (Lipinski definition) is 1. The first-order valence-corrected chi connectivity index (χ1v) is 16.2. The van der Waals surface area contributed by atoms with Crippen molar-refractivity contribution in [2.75, 3.05) is 0 Å². The molecule has 0 unspecified atom stereocenters. The lowest BCUT2D eigenvalue weighted by molar-refractivity contribution is -0.0775. The summed E-state index contributed by atoms with van der Waals surface area (Å²) in [4.78, 5) is 8.76. The highest BCUT2D eigenvalue weighted by Crippen LogP contribution is 2.44. The lowest BCUT2D eigenvalue weighted by Crippen LogP contribution is -2.15. The lowest BCUT2D eigenvalue weighted by Gasteiger charge is -2.24. The van der Waals surface area contributed by atoms with Gasteiger partial charge in [-0.2, -0.15) is 0 Å². The molecule has 1 N–H and O–H groups in total. The predicted molar refractivity (Wildman–Crippen MR) is 173 cm³/mol. The molecule has 3 aromatic heterocycles. The third-order valence-electron chi connectivity index (χ3n) is 7.48. The van der Waals surface area contributed by atoms with Gasteiger partial charge in [-0.25, -0.2) is 4.52 Å². The van der Waals surface area contributed by atoms with Crippen LogP contribution in [0.1, 0.15) is 43.9 Å². The van der Waals surface area contributed by atoms with Crippen LogP contribution in [0, 0.1) is 13.8 Å². The Labute approximate surface area is 258 Å². The van der Waals surface area contributed by atoms with Gasteiger partial charge in [-0.05, 0) is 73.2 Å². The van der Waals surface area contributed by atoms with Crippen molar-refractivity contribution in [3.63, 3.8) is 0 Å². The molecule has 9 heteroatoms. The number of aryl methyl sites for hydroxylation is 2. The quantitative estimate of drug-likeness (QED) is 0.0944. The molecule has 6 nitrogen and oxygen atoms in total. The van der Waals surface area contributed by atoms with Gasteiger partial charge in [0.25, 0.3) is 0 Å². The van der Waals surface area contributed by atoms with Gasteiger partial charge in [0.15, 0.2) is 17.2 Å². The molecule has 0 saturated carbocycles. The van der Waals surface area contributed by atoms with Crippen molar-refractivity contribution in [1.82, 2.24) is 19.8 Å². The molecule has 3 aromatic carbocycles. The second-order valence-corrected chi connectivity index (χ2v) is 14.0. The fourth-order valence-electron chi connectivity index (χ4n) is 4.56. The standard InChI is InChI=1S/C33H32N4O2S3/c1-6-33(4,5)24-16-15-22(3)27(20-24)41-30-29(26-17-18-28(40-26)42-39-38-25-13-8-7-9-14-25)36-37-31(34-35-32(30)37)23-12-10-11-21(2)19-23/h7-20,36H,6H2,1-5H3. The van der Waals surface area contributed by atoms with Crippen molar-refractivity contribution in [3.8, 4) is 27.7 Å². The molecule has 0 bridgehead atoms. The highest BCUT2D eigenvalue weighted by molar-refractivity contribution is 7.99. The van der Waals surface area contributed by atoms with E-state index in [2.05, 4.69) is 98.4 Å². The zero-order valence-electron chi connectivity index (χ0n) is 24.2. The van der Waals surface area contributed by atoms with Gasteiger partial charge in [0.2, 0.25) is 0 Å². The van der Waals surface area contributed by atoms with Gasteiger partial charge in [-0.3, -0.25) is 5.10 Å². The fraction of sp³-hybridized carbons (Fsp3) is 0.212. The van der Waals surface area contributed by atoms with Crippen LogP contribution < -0.4 is 4.89 Å². The number of benzene rings is 3. The Morgan fingerprint density at radius 3 is 2.55 bits per heavy atom. The molecule has 42 heavy (non-hydrogen) atoms. The maximum Gasteiger partial charge on any atom is 0.192 e. The van der Waals surface area contributed by atoms with Crippen LogP contribution in [0.4, 0.5) is 0 Å². The predicted octanol–water partition coefficient (Wildman–Crippen LogP) is 9.93. The summed E-state index contributed by atoms with van der Waals surface area (Å²) < 4.78 is 8.45. The highest BCUT2D eigenvalue weighted by atomic mass is 32.2. The molecular formula is C33H32N4O2S3. The average Bonchev–Trinajstić information content (AvgIpc) is 3.71. The number of fused-ring (bicyclic) bond motifs is 1. The number of nitrogens with zero attached hydrogens (tertiary/aromatic N) is 3. The molecule has 3 heterocycles. The van der Waals surface area contributed by atoms with E-state index in [9.17, 15) is 0 Å². The summed E-state index contributed by atoms with van der Waals surface area (Å²) in [5.74, 6) is 1.44. The van der Waals surface area contributed by atoms with E-state index in [1.807, 2.05) is 40.9 Å². The van der Waals surface area contributed by atoms with Gasteiger partial charge < -0.3 is 4.89 Å². The summed E-state index contributed by atoms with van der Waals surface area (Å²) in [6.07, 6.45) is 1.07. The van der Waals surface area contributed by atoms with Crippen molar-refractivity contribution in [2.24, 2.45) is 0 Å². The van der Waals surface area contributed by atoms with Gasteiger partial charge in [0.05, 0.1) is 31.7 Å². The topological polar surface area (TPSA) is 64.4 Å². The smallest absolute Gasteiger partial charge is 0.192 e. The Kier molecular flexibility index (Phi) is 8.18. The van der Waals surface area contributed by atoms with E-state index in [-0.39, 0.29) is 5.41 Å². The molecule has 0 atom stereocenters. The summed E-state index contributed by atoms with van der Waals surface area (Å²) in [5.41, 5.74) is 6.65. The molecule has 0 saturated heterocycles. The molecule has 0 fully saturated rings. The fourth-order valence-corrected chi connectivity index (χ4v) is 7.27. The maximum atomic E-state index is 5.47. The third-order valence-corrected chi connectivity index (χ3v) is 10.5. The first kappa shape index (κ1) is 28.6. The molecular weight excluding hydrogens is 581 g/mol. The Balaban J connectivity index is 1.39. The first-order chi connectivity index (χ1) is 20.3. The number of aromatic amines is 1. The van der Waals surface area contributed by atoms with E-state index >= 15 is 0 Å². The van der Waals surface area contributed by atoms with Crippen LogP contribution in [0.5, 0.6) is 5.75 Å². The summed E-state index contributed by atoms with van der Waals surface area (Å²) in [7, 11) is 0. The minimum absolute atomic E-state index is 0.0915. The van der Waals surface area contributed by atoms with Gasteiger partial charge >= 0.3 is 0 Å². The van der Waals surface area contributed by atoms with Crippen molar-refractivity contribution in [2.45, 2.75) is 60.5 Å². The number of thiophene rings is 1. The molecule has 6 aromatic rings. The minimum atomic E-state index is 0.0915. The Bertz CT molecular complexity index is 1840. The van der Waals surface area contributed by atoms with Crippen LogP contribution in [-0.4, -0.2) is 19.8 Å². The van der Waals surface area contributed by atoms with Gasteiger partial charge in [0.1, 0.15) is 0 Å². The summed E-state index contributed by atoms with van der Waals surface area (Å²) in [5, 5.41) is 12.9. The van der Waals surface area contributed by atoms with Crippen molar-refractivity contribution < 1.29 is 9.22 Å². The van der Waals surface area contributed by atoms with Crippen LogP contribution in [0.15, 0.2) is 98.9 Å². The summed E-state index contributed by atoms with van der Waals surface area (Å²) in [6, 6.07) is 28.8. The Morgan fingerprint density at radius 2 is 1.76 bits per heavy atom. The molecule has 214 valence electrons. The maximum absolute atomic E-state index is 5.47. The molecule has 0 aliphatic carbocycles. The Morgan fingerprint density at radius 1 is 0.929 bits per heavy atom. The first-order valence-electron chi connectivity index (χ1n) is 13.8. The molecule has 0 radical (unpaired) electrons. The monoisotopic (exact) mass is 612 g/mol. The number of H-pyrrole nitrogens is 1. The molecule has 0 spiro atoms. The Hall–Kier alpha value is -3.50. The number of aromatic nitrogens is 4. The van der Waals surface area contributed by atoms with Crippen LogP contribution in [0.2, 0.25) is 0 Å². The molecule has 0 amide bonds. The summed E-state index contributed by atoms with van der Waals surface area (Å²) in [6.45, 7) is 11.1. The van der Waals surface area contributed by atoms with Crippen molar-refractivity contribution >= 4 is 40.8 Å². The van der Waals surface area contributed by atoms with Gasteiger partial charge in [0, 0.05) is 10.5 Å². The zero-order chi connectivity index (χ0) is 29.3. The van der Waals surface area contributed by atoms with E-state index in [0.717, 1.165) is 43.1 Å². The molecule has 0 aliphatic rings. The van der Waals surface area contributed by atoms with E-state index in [0.29, 0.717) is 5.75 Å². The van der Waals surface area contributed by atoms with Crippen LogP contribution in [0.25, 0.3) is 27.6 Å². The normalized spacial score (nSPS) is 11.8. The van der Waals surface area contributed by atoms with Crippen LogP contribution in [0.3, 0.4) is 0 Å². The number of para-hydroxylation sites is 1. The van der Waals surface area contributed by atoms with E-state index in [1.165, 1.54) is 33.6 Å². The van der Waals surface area contributed by atoms with Crippen molar-refractivity contribution in [3.05, 3.63) is 102 Å². The number of hydrogen-bond acceptors (Lipinski definition) is 7. The van der Waals surface area contributed by atoms with Crippen LogP contribution in [-0.2, 0) is 9.75 Å². The van der Waals surface area contributed by atoms with E-state index < -0.39 is 0 Å². The summed E-state index contributed by atoms with van der Waals surface area (Å²) >= 11 is 4.58. The largest absolute Gasteiger partial charge is 0.325 e. The molecule has 6 rings (SSSR count). The van der Waals surface area contributed by atoms with E-state index in [1.54, 1.807) is 23.1 Å². The number of nitrogens with one attached hydrogen (secondary N) is 1. The van der Waals surface area contributed by atoms with Crippen LogP contribution >= 0.6 is 35.1 Å². The average molecular weight is 613 g/mol. The second-order valence-electron chi connectivity index (χ2n) is 10.9. The third kappa shape index (κ3) is 5.87. The van der Waals surface area contributed by atoms with E-state index in [4.69, 9.17) is 9.22 Å².